The summed E-state index contributed by atoms with van der Waals surface area (Å²) in [5.74, 6) is 2.76. The summed E-state index contributed by atoms with van der Waals surface area (Å²) in [7, 11) is 1.82. The summed E-state index contributed by atoms with van der Waals surface area (Å²) < 4.78 is 5.70. The van der Waals surface area contributed by atoms with Crippen molar-refractivity contribution >= 4 is 0 Å². The number of ether oxygens (including phenoxy) is 1. The molecule has 0 heterocycles. The number of hydrogen-bond acceptors (Lipinski definition) is 1. The zero-order valence-corrected chi connectivity index (χ0v) is 17.4. The van der Waals surface area contributed by atoms with E-state index in [0.29, 0.717) is 16.2 Å². The minimum Gasteiger partial charge on any atom is -0.496 e. The fourth-order valence-corrected chi connectivity index (χ4v) is 7.83. The summed E-state index contributed by atoms with van der Waals surface area (Å²) in [4.78, 5) is 0. The topological polar surface area (TPSA) is 9.23 Å². The van der Waals surface area contributed by atoms with Crippen molar-refractivity contribution in [2.75, 3.05) is 7.11 Å². The molecule has 3 aliphatic rings. The van der Waals surface area contributed by atoms with E-state index in [4.69, 9.17) is 4.74 Å². The smallest absolute Gasteiger partial charge is 0.122 e. The highest BCUT2D eigenvalue weighted by Crippen LogP contribution is 2.68. The molecule has 0 aliphatic heterocycles. The minimum atomic E-state index is 0.356. The molecule has 138 valence electrons. The minimum absolute atomic E-state index is 0.356. The van der Waals surface area contributed by atoms with Gasteiger partial charge in [0.1, 0.15) is 5.75 Å². The fraction of sp³-hybridized carbons (Fsp3) is 0.750. The molecule has 0 bridgehead atoms. The molecule has 2 saturated carbocycles. The fourth-order valence-electron chi connectivity index (χ4n) is 7.83. The zero-order chi connectivity index (χ0) is 18.2. The van der Waals surface area contributed by atoms with E-state index < -0.39 is 0 Å². The molecule has 1 aromatic carbocycles. The number of fused-ring (bicyclic) bond motifs is 5. The maximum Gasteiger partial charge on any atom is 0.122 e. The van der Waals surface area contributed by atoms with E-state index in [9.17, 15) is 0 Å². The van der Waals surface area contributed by atoms with Gasteiger partial charge >= 0.3 is 0 Å². The van der Waals surface area contributed by atoms with Crippen LogP contribution in [0.3, 0.4) is 0 Å². The van der Waals surface area contributed by atoms with Crippen LogP contribution in [0.1, 0.15) is 82.1 Å². The molecule has 25 heavy (non-hydrogen) atoms. The van der Waals surface area contributed by atoms with Gasteiger partial charge in [0.05, 0.1) is 7.11 Å². The van der Waals surface area contributed by atoms with E-state index in [2.05, 4.69) is 47.6 Å². The van der Waals surface area contributed by atoms with Crippen molar-refractivity contribution in [1.82, 2.24) is 0 Å². The molecule has 1 unspecified atom stereocenters. The van der Waals surface area contributed by atoms with Gasteiger partial charge in [-0.05, 0) is 102 Å². The molecule has 2 fully saturated rings. The van der Waals surface area contributed by atoms with Gasteiger partial charge in [0.25, 0.3) is 0 Å². The Bertz CT molecular complexity index is 715. The van der Waals surface area contributed by atoms with Gasteiger partial charge < -0.3 is 4.74 Å². The van der Waals surface area contributed by atoms with Crippen molar-refractivity contribution < 1.29 is 4.74 Å². The van der Waals surface area contributed by atoms with Crippen LogP contribution in [0.4, 0.5) is 0 Å². The Hall–Kier alpha value is -0.980. The number of methoxy groups -OCH3 is 1. The lowest BCUT2D eigenvalue weighted by atomic mass is 9.43. The van der Waals surface area contributed by atoms with Crippen molar-refractivity contribution in [3.63, 3.8) is 0 Å². The van der Waals surface area contributed by atoms with Crippen LogP contribution in [-0.2, 0) is 11.8 Å². The predicted octanol–water partition coefficient (Wildman–Crippen LogP) is 6.37. The van der Waals surface area contributed by atoms with Crippen LogP contribution in [0.2, 0.25) is 0 Å². The predicted molar refractivity (Wildman–Crippen MR) is 105 cm³/mol. The molecule has 0 spiro atoms. The van der Waals surface area contributed by atoms with Crippen LogP contribution in [-0.4, -0.2) is 7.11 Å². The molecular weight excluding hydrogens is 304 g/mol. The van der Waals surface area contributed by atoms with Gasteiger partial charge in [-0.3, -0.25) is 0 Å². The van der Waals surface area contributed by atoms with Crippen LogP contribution in [0.25, 0.3) is 0 Å². The Morgan fingerprint density at radius 1 is 1.00 bits per heavy atom. The van der Waals surface area contributed by atoms with Gasteiger partial charge in [-0.15, -0.1) is 0 Å². The average Bonchev–Trinajstić information content (AvgIpc) is 2.85. The summed E-state index contributed by atoms with van der Waals surface area (Å²) in [5.41, 5.74) is 7.50. The maximum atomic E-state index is 5.70. The van der Waals surface area contributed by atoms with Gasteiger partial charge in [-0.25, -0.2) is 0 Å². The molecular formula is C24H36O. The van der Waals surface area contributed by atoms with Gasteiger partial charge in [-0.1, -0.05) is 34.1 Å². The third kappa shape index (κ3) is 2.14. The summed E-state index contributed by atoms with van der Waals surface area (Å²) in [6.07, 6.45) is 8.27. The maximum absolute atomic E-state index is 5.70. The molecule has 0 amide bonds. The van der Waals surface area contributed by atoms with E-state index in [0.717, 1.165) is 17.6 Å². The molecule has 1 heteroatoms. The normalized spacial score (nSPS) is 38.7. The quantitative estimate of drug-likeness (QED) is 0.577. The Balaban J connectivity index is 1.86. The van der Waals surface area contributed by atoms with Crippen LogP contribution >= 0.6 is 0 Å². The second-order valence-corrected chi connectivity index (χ2v) is 10.5. The van der Waals surface area contributed by atoms with Crippen molar-refractivity contribution in [1.29, 1.82) is 0 Å². The van der Waals surface area contributed by atoms with Gasteiger partial charge in [0, 0.05) is 0 Å². The van der Waals surface area contributed by atoms with E-state index in [1.54, 1.807) is 11.1 Å². The molecule has 3 aliphatic carbocycles. The third-order valence-corrected chi connectivity index (χ3v) is 8.86. The summed E-state index contributed by atoms with van der Waals surface area (Å²) in [5, 5.41) is 0. The summed E-state index contributed by atoms with van der Waals surface area (Å²) in [6.45, 7) is 14.9. The van der Waals surface area contributed by atoms with Crippen LogP contribution in [0.15, 0.2) is 6.07 Å². The third-order valence-electron chi connectivity index (χ3n) is 8.86. The largest absolute Gasteiger partial charge is 0.496 e. The standard InChI is InChI=1S/C24H36O/c1-15-13-18(25-7)16(2)17-14-20-23(5)11-8-10-22(3,4)19(23)9-12-24(20,6)21(15)17/h13,19-20H,8-12,14H2,1-7H3/t19?,20-,23+,24-/m1/s1. The second kappa shape index (κ2) is 5.27. The van der Waals surface area contributed by atoms with Crippen LogP contribution < -0.4 is 4.74 Å². The first kappa shape index (κ1) is 17.4. The van der Waals surface area contributed by atoms with Crippen molar-refractivity contribution in [3.05, 3.63) is 28.3 Å². The highest BCUT2D eigenvalue weighted by Gasteiger charge is 2.61. The Morgan fingerprint density at radius 2 is 1.72 bits per heavy atom. The van der Waals surface area contributed by atoms with E-state index >= 15 is 0 Å². The van der Waals surface area contributed by atoms with Gasteiger partial charge in [0.15, 0.2) is 0 Å². The summed E-state index contributed by atoms with van der Waals surface area (Å²) in [6, 6.07) is 2.29. The molecule has 4 rings (SSSR count). The second-order valence-electron chi connectivity index (χ2n) is 10.5. The first-order chi connectivity index (χ1) is 11.6. The molecule has 0 N–H and O–H groups in total. The van der Waals surface area contributed by atoms with Crippen molar-refractivity contribution in [3.8, 4) is 5.75 Å². The monoisotopic (exact) mass is 340 g/mol. The lowest BCUT2D eigenvalue weighted by molar-refractivity contribution is -0.0983. The molecule has 0 aromatic heterocycles. The molecule has 0 radical (unpaired) electrons. The van der Waals surface area contributed by atoms with Crippen LogP contribution in [0, 0.1) is 36.5 Å². The van der Waals surface area contributed by atoms with Crippen molar-refractivity contribution in [2.24, 2.45) is 22.7 Å². The Morgan fingerprint density at radius 3 is 2.40 bits per heavy atom. The van der Waals surface area contributed by atoms with Gasteiger partial charge in [-0.2, -0.15) is 0 Å². The lowest BCUT2D eigenvalue weighted by Gasteiger charge is -2.61. The van der Waals surface area contributed by atoms with E-state index in [-0.39, 0.29) is 0 Å². The zero-order valence-electron chi connectivity index (χ0n) is 17.4. The first-order valence-electron chi connectivity index (χ1n) is 10.3. The highest BCUT2D eigenvalue weighted by atomic mass is 16.5. The lowest BCUT2D eigenvalue weighted by Crippen LogP contribution is -2.55. The van der Waals surface area contributed by atoms with Crippen molar-refractivity contribution in [2.45, 2.75) is 85.5 Å². The average molecular weight is 341 g/mol. The Labute approximate surface area is 154 Å². The molecule has 4 atom stereocenters. The number of aryl methyl sites for hydroxylation is 1. The van der Waals surface area contributed by atoms with Crippen LogP contribution in [0.5, 0.6) is 5.75 Å². The first-order valence-corrected chi connectivity index (χ1v) is 10.3. The van der Waals surface area contributed by atoms with E-state index in [1.807, 2.05) is 7.11 Å². The summed E-state index contributed by atoms with van der Waals surface area (Å²) >= 11 is 0. The Kier molecular flexibility index (Phi) is 3.68. The van der Waals surface area contributed by atoms with Gasteiger partial charge in [0.2, 0.25) is 0 Å². The number of hydrogen-bond donors (Lipinski definition) is 0. The molecule has 1 aromatic rings. The number of benzene rings is 1. The number of rotatable bonds is 1. The highest BCUT2D eigenvalue weighted by molar-refractivity contribution is 5.56. The SMILES string of the molecule is COc1cc(C)c2c(c1C)C[C@H]1[C@@]2(C)CCC2C(C)(C)CCC[C@@]21C. The molecule has 0 saturated heterocycles. The molecule has 1 nitrogen and oxygen atoms in total. The van der Waals surface area contributed by atoms with E-state index in [1.165, 1.54) is 49.7 Å².